The summed E-state index contributed by atoms with van der Waals surface area (Å²) in [6.07, 6.45) is 9.37. The molecule has 0 aromatic heterocycles. The fourth-order valence-electron chi connectivity index (χ4n) is 2.82. The molecule has 0 atom stereocenters. The van der Waals surface area contributed by atoms with Crippen LogP contribution in [0, 0.1) is 0 Å². The SMILES string of the molecule is COCCOCCN(CCCN)C1CCCCCC1. The third-order valence-corrected chi connectivity index (χ3v) is 3.95. The average Bonchev–Trinajstić information content (AvgIpc) is 2.71. The van der Waals surface area contributed by atoms with Gasteiger partial charge in [-0.25, -0.2) is 0 Å². The zero-order valence-electron chi connectivity index (χ0n) is 12.6. The van der Waals surface area contributed by atoms with E-state index in [0.29, 0.717) is 13.2 Å². The summed E-state index contributed by atoms with van der Waals surface area (Å²) in [5, 5.41) is 0. The van der Waals surface area contributed by atoms with Crippen LogP contribution < -0.4 is 5.73 Å². The van der Waals surface area contributed by atoms with Gasteiger partial charge >= 0.3 is 0 Å². The Balaban J connectivity index is 2.27. The summed E-state index contributed by atoms with van der Waals surface area (Å²) in [4.78, 5) is 2.60. The zero-order valence-corrected chi connectivity index (χ0v) is 12.6. The number of rotatable bonds is 10. The average molecular weight is 272 g/mol. The van der Waals surface area contributed by atoms with Gasteiger partial charge in [-0.2, -0.15) is 0 Å². The quantitative estimate of drug-likeness (QED) is 0.488. The van der Waals surface area contributed by atoms with Crippen molar-refractivity contribution in [3.05, 3.63) is 0 Å². The lowest BCUT2D eigenvalue weighted by atomic mass is 10.1. The van der Waals surface area contributed by atoms with Gasteiger partial charge in [0.1, 0.15) is 0 Å². The molecule has 0 bridgehead atoms. The van der Waals surface area contributed by atoms with Gasteiger partial charge in [0.05, 0.1) is 19.8 Å². The predicted molar refractivity (Wildman–Crippen MR) is 79.4 cm³/mol. The minimum Gasteiger partial charge on any atom is -0.382 e. The van der Waals surface area contributed by atoms with E-state index in [1.807, 2.05) is 0 Å². The molecule has 0 heterocycles. The van der Waals surface area contributed by atoms with Crippen LogP contribution in [0.5, 0.6) is 0 Å². The Morgan fingerprint density at radius 1 is 1.00 bits per heavy atom. The van der Waals surface area contributed by atoms with E-state index in [2.05, 4.69) is 4.90 Å². The molecule has 19 heavy (non-hydrogen) atoms. The van der Waals surface area contributed by atoms with Crippen molar-refractivity contribution in [3.8, 4) is 0 Å². The number of nitrogens with zero attached hydrogens (tertiary/aromatic N) is 1. The Hall–Kier alpha value is -0.160. The molecule has 0 aromatic carbocycles. The highest BCUT2D eigenvalue weighted by atomic mass is 16.5. The summed E-state index contributed by atoms with van der Waals surface area (Å²) >= 11 is 0. The fourth-order valence-corrected chi connectivity index (χ4v) is 2.82. The van der Waals surface area contributed by atoms with Gasteiger partial charge in [0.2, 0.25) is 0 Å². The summed E-state index contributed by atoms with van der Waals surface area (Å²) in [6, 6.07) is 0.750. The molecule has 1 rings (SSSR count). The minimum absolute atomic E-state index is 0.687. The molecule has 0 aliphatic heterocycles. The van der Waals surface area contributed by atoms with E-state index in [0.717, 1.165) is 38.7 Å². The molecule has 0 spiro atoms. The summed E-state index contributed by atoms with van der Waals surface area (Å²) in [5.41, 5.74) is 5.66. The van der Waals surface area contributed by atoms with E-state index < -0.39 is 0 Å². The lowest BCUT2D eigenvalue weighted by Gasteiger charge is -2.31. The third-order valence-electron chi connectivity index (χ3n) is 3.95. The van der Waals surface area contributed by atoms with E-state index >= 15 is 0 Å². The van der Waals surface area contributed by atoms with Crippen LogP contribution in [0.4, 0.5) is 0 Å². The van der Waals surface area contributed by atoms with E-state index in [1.165, 1.54) is 38.5 Å². The topological polar surface area (TPSA) is 47.7 Å². The highest BCUT2D eigenvalue weighted by Gasteiger charge is 2.19. The molecule has 114 valence electrons. The van der Waals surface area contributed by atoms with Gasteiger partial charge in [-0.3, -0.25) is 4.90 Å². The van der Waals surface area contributed by atoms with Crippen LogP contribution in [0.1, 0.15) is 44.9 Å². The largest absolute Gasteiger partial charge is 0.382 e. The molecule has 1 aliphatic carbocycles. The molecule has 1 saturated carbocycles. The number of methoxy groups -OCH3 is 1. The summed E-state index contributed by atoms with van der Waals surface area (Å²) in [7, 11) is 1.71. The molecule has 1 fully saturated rings. The van der Waals surface area contributed by atoms with E-state index in [4.69, 9.17) is 15.2 Å². The van der Waals surface area contributed by atoms with Gasteiger partial charge in [0.15, 0.2) is 0 Å². The van der Waals surface area contributed by atoms with Crippen LogP contribution in [-0.2, 0) is 9.47 Å². The van der Waals surface area contributed by atoms with E-state index in [9.17, 15) is 0 Å². The second-order valence-electron chi connectivity index (χ2n) is 5.43. The molecule has 1 aliphatic rings. The molecule has 0 amide bonds. The first-order valence-electron chi connectivity index (χ1n) is 7.89. The molecule has 0 unspecified atom stereocenters. The molecule has 0 aromatic rings. The Labute approximate surface area is 118 Å². The van der Waals surface area contributed by atoms with Gasteiger partial charge in [-0.05, 0) is 32.4 Å². The van der Waals surface area contributed by atoms with Gasteiger partial charge in [0.25, 0.3) is 0 Å². The van der Waals surface area contributed by atoms with E-state index in [1.54, 1.807) is 7.11 Å². The Morgan fingerprint density at radius 2 is 1.74 bits per heavy atom. The smallest absolute Gasteiger partial charge is 0.0700 e. The van der Waals surface area contributed by atoms with Crippen molar-refractivity contribution < 1.29 is 9.47 Å². The number of ether oxygens (including phenoxy) is 2. The fraction of sp³-hybridized carbons (Fsp3) is 1.00. The highest BCUT2D eigenvalue weighted by Crippen LogP contribution is 2.21. The normalized spacial score (nSPS) is 17.8. The third kappa shape index (κ3) is 7.88. The van der Waals surface area contributed by atoms with Crippen LogP contribution >= 0.6 is 0 Å². The molecule has 2 N–H and O–H groups in total. The first-order valence-corrected chi connectivity index (χ1v) is 7.89. The molecule has 4 nitrogen and oxygen atoms in total. The Bertz CT molecular complexity index is 195. The van der Waals surface area contributed by atoms with Crippen LogP contribution in [0.3, 0.4) is 0 Å². The molecule has 4 heteroatoms. The number of nitrogens with two attached hydrogens (primary N) is 1. The number of hydrogen-bond acceptors (Lipinski definition) is 4. The maximum Gasteiger partial charge on any atom is 0.0700 e. The first kappa shape index (κ1) is 16.9. The van der Waals surface area contributed by atoms with Crippen molar-refractivity contribution in [1.29, 1.82) is 0 Å². The Morgan fingerprint density at radius 3 is 2.37 bits per heavy atom. The monoisotopic (exact) mass is 272 g/mol. The molecule has 0 saturated heterocycles. The van der Waals surface area contributed by atoms with Crippen LogP contribution in [-0.4, -0.2) is 57.5 Å². The Kier molecular flexibility index (Phi) is 10.4. The van der Waals surface area contributed by atoms with Crippen molar-refractivity contribution in [2.45, 2.75) is 51.0 Å². The van der Waals surface area contributed by atoms with Crippen LogP contribution in [0.15, 0.2) is 0 Å². The number of hydrogen-bond donors (Lipinski definition) is 1. The van der Waals surface area contributed by atoms with Crippen molar-refractivity contribution in [3.63, 3.8) is 0 Å². The summed E-state index contributed by atoms with van der Waals surface area (Å²) in [6.45, 7) is 5.14. The molecule has 0 radical (unpaired) electrons. The van der Waals surface area contributed by atoms with Crippen molar-refractivity contribution in [2.24, 2.45) is 5.73 Å². The predicted octanol–water partition coefficient (Wildman–Crippen LogP) is 2.02. The standard InChI is InChI=1S/C15H32N2O2/c1-18-13-14-19-12-11-17(10-6-9-16)15-7-4-2-3-5-8-15/h15H,2-14,16H2,1H3. The van der Waals surface area contributed by atoms with Gasteiger partial charge in [0, 0.05) is 19.7 Å². The maximum absolute atomic E-state index is 5.66. The van der Waals surface area contributed by atoms with Gasteiger partial charge < -0.3 is 15.2 Å². The van der Waals surface area contributed by atoms with Gasteiger partial charge in [-0.15, -0.1) is 0 Å². The maximum atomic E-state index is 5.66. The molecular weight excluding hydrogens is 240 g/mol. The van der Waals surface area contributed by atoms with Crippen molar-refractivity contribution >= 4 is 0 Å². The first-order chi connectivity index (χ1) is 9.38. The second-order valence-corrected chi connectivity index (χ2v) is 5.43. The summed E-state index contributed by atoms with van der Waals surface area (Å²) < 4.78 is 10.6. The second kappa shape index (κ2) is 11.6. The van der Waals surface area contributed by atoms with Crippen LogP contribution in [0.2, 0.25) is 0 Å². The highest BCUT2D eigenvalue weighted by molar-refractivity contribution is 4.75. The van der Waals surface area contributed by atoms with Crippen molar-refractivity contribution in [1.82, 2.24) is 4.90 Å². The van der Waals surface area contributed by atoms with Gasteiger partial charge in [-0.1, -0.05) is 25.7 Å². The van der Waals surface area contributed by atoms with E-state index in [-0.39, 0.29) is 0 Å². The minimum atomic E-state index is 0.687. The van der Waals surface area contributed by atoms with Crippen molar-refractivity contribution in [2.75, 3.05) is 46.6 Å². The summed E-state index contributed by atoms with van der Waals surface area (Å²) in [5.74, 6) is 0. The zero-order chi connectivity index (χ0) is 13.8. The molecular formula is C15H32N2O2. The van der Waals surface area contributed by atoms with Crippen LogP contribution in [0.25, 0.3) is 0 Å². The lowest BCUT2D eigenvalue weighted by molar-refractivity contribution is 0.0474. The lowest BCUT2D eigenvalue weighted by Crippen LogP contribution is -2.39.